The summed E-state index contributed by atoms with van der Waals surface area (Å²) >= 11 is 0. The molecule has 0 aliphatic heterocycles. The zero-order valence-corrected chi connectivity index (χ0v) is 22.6. The van der Waals surface area contributed by atoms with Crippen molar-refractivity contribution in [1.82, 2.24) is 0 Å². The molecular formula is C31H42O6. The van der Waals surface area contributed by atoms with E-state index in [9.17, 15) is 19.5 Å². The highest BCUT2D eigenvalue weighted by Crippen LogP contribution is 2.29. The van der Waals surface area contributed by atoms with E-state index in [1.165, 1.54) is 37.8 Å². The monoisotopic (exact) mass is 510 g/mol. The maximum absolute atomic E-state index is 12.5. The summed E-state index contributed by atoms with van der Waals surface area (Å²) in [6.45, 7) is 6.23. The second kappa shape index (κ2) is 16.6. The Kier molecular flexibility index (Phi) is 13.5. The Balaban J connectivity index is 2.02. The van der Waals surface area contributed by atoms with Gasteiger partial charge in [0, 0.05) is 6.42 Å². The number of hydrogen-bond acceptors (Lipinski definition) is 5. The minimum Gasteiger partial charge on any atom is -0.478 e. The van der Waals surface area contributed by atoms with Crippen LogP contribution in [-0.4, -0.2) is 29.1 Å². The molecule has 0 unspecified atom stereocenters. The van der Waals surface area contributed by atoms with Crippen molar-refractivity contribution in [2.24, 2.45) is 0 Å². The first-order chi connectivity index (χ1) is 17.8. The van der Waals surface area contributed by atoms with Crippen molar-refractivity contribution in [3.8, 4) is 16.9 Å². The lowest BCUT2D eigenvalue weighted by molar-refractivity contribution is -0.134. The molecule has 0 aliphatic carbocycles. The van der Waals surface area contributed by atoms with Gasteiger partial charge in [-0.05, 0) is 67.6 Å². The van der Waals surface area contributed by atoms with E-state index in [1.807, 2.05) is 6.92 Å². The van der Waals surface area contributed by atoms with Crippen LogP contribution in [0.2, 0.25) is 0 Å². The second-order valence-electron chi connectivity index (χ2n) is 9.65. The third kappa shape index (κ3) is 10.8. The Morgan fingerprint density at radius 2 is 1.43 bits per heavy atom. The minimum atomic E-state index is -1.08. The van der Waals surface area contributed by atoms with Gasteiger partial charge in [0.2, 0.25) is 0 Å². The van der Waals surface area contributed by atoms with Gasteiger partial charge in [-0.3, -0.25) is 4.79 Å². The molecule has 37 heavy (non-hydrogen) atoms. The van der Waals surface area contributed by atoms with E-state index in [1.54, 1.807) is 30.3 Å². The highest BCUT2D eigenvalue weighted by molar-refractivity contribution is 5.97. The van der Waals surface area contributed by atoms with Gasteiger partial charge in [0.25, 0.3) is 0 Å². The van der Waals surface area contributed by atoms with Crippen LogP contribution in [0, 0.1) is 0 Å². The molecule has 0 spiro atoms. The van der Waals surface area contributed by atoms with E-state index in [0.717, 1.165) is 44.9 Å². The van der Waals surface area contributed by atoms with E-state index >= 15 is 0 Å². The Morgan fingerprint density at radius 1 is 0.811 bits per heavy atom. The summed E-state index contributed by atoms with van der Waals surface area (Å²) < 4.78 is 11.0. The third-order valence-corrected chi connectivity index (χ3v) is 6.39. The van der Waals surface area contributed by atoms with Gasteiger partial charge in [0.15, 0.2) is 0 Å². The van der Waals surface area contributed by atoms with Crippen molar-refractivity contribution in [2.75, 3.05) is 0 Å². The summed E-state index contributed by atoms with van der Waals surface area (Å²) in [5.74, 6) is -1.51. The lowest BCUT2D eigenvalue weighted by Crippen LogP contribution is -2.15. The smallest absolute Gasteiger partial charge is 0.338 e. The summed E-state index contributed by atoms with van der Waals surface area (Å²) in [7, 11) is 0. The van der Waals surface area contributed by atoms with E-state index in [-0.39, 0.29) is 17.6 Å². The SMILES string of the molecule is CCCCCCCCC(=O)Oc1ccc(C(=O)O)c(-c2ccc(C(=O)O[C@H](C)CCCCCC)cc2)c1. The zero-order valence-electron chi connectivity index (χ0n) is 22.6. The van der Waals surface area contributed by atoms with Crippen LogP contribution in [0.3, 0.4) is 0 Å². The standard InChI is InChI=1S/C31H42O6/c1-4-6-8-10-11-13-15-29(32)37-26-20-21-27(30(33)34)28(22-26)24-16-18-25(19-17-24)31(35)36-23(3)14-12-9-7-5-2/h16-23H,4-15H2,1-3H3,(H,33,34)/t23-/m1/s1. The van der Waals surface area contributed by atoms with Crippen molar-refractivity contribution in [3.63, 3.8) is 0 Å². The number of carboxylic acid groups (broad SMARTS) is 1. The average Bonchev–Trinajstić information content (AvgIpc) is 2.88. The summed E-state index contributed by atoms with van der Waals surface area (Å²) in [6.07, 6.45) is 11.9. The van der Waals surface area contributed by atoms with Gasteiger partial charge in [-0.1, -0.05) is 77.3 Å². The number of esters is 2. The normalized spacial score (nSPS) is 11.6. The number of unbranched alkanes of at least 4 members (excludes halogenated alkanes) is 8. The van der Waals surface area contributed by atoms with Crippen LogP contribution in [0.15, 0.2) is 42.5 Å². The van der Waals surface area contributed by atoms with Gasteiger partial charge < -0.3 is 14.6 Å². The molecule has 6 heteroatoms. The van der Waals surface area contributed by atoms with Crippen LogP contribution in [0.25, 0.3) is 11.1 Å². The van der Waals surface area contributed by atoms with Crippen LogP contribution < -0.4 is 4.74 Å². The number of carbonyl (C=O) groups excluding carboxylic acids is 2. The molecule has 1 atom stereocenters. The topological polar surface area (TPSA) is 89.9 Å². The Hall–Kier alpha value is -3.15. The lowest BCUT2D eigenvalue weighted by atomic mass is 9.98. The van der Waals surface area contributed by atoms with Crippen molar-refractivity contribution in [1.29, 1.82) is 0 Å². The summed E-state index contributed by atoms with van der Waals surface area (Å²) in [5.41, 5.74) is 1.52. The van der Waals surface area contributed by atoms with Gasteiger partial charge in [-0.25, -0.2) is 9.59 Å². The Morgan fingerprint density at radius 3 is 2.08 bits per heavy atom. The molecule has 0 heterocycles. The molecule has 2 aromatic carbocycles. The largest absolute Gasteiger partial charge is 0.478 e. The van der Waals surface area contributed by atoms with Crippen LogP contribution >= 0.6 is 0 Å². The van der Waals surface area contributed by atoms with Gasteiger partial charge >= 0.3 is 17.9 Å². The van der Waals surface area contributed by atoms with Crippen LogP contribution in [0.4, 0.5) is 0 Å². The molecule has 2 aromatic rings. The molecule has 0 fully saturated rings. The number of rotatable bonds is 17. The molecule has 0 radical (unpaired) electrons. The first-order valence-corrected chi connectivity index (χ1v) is 13.7. The Labute approximate surface area is 221 Å². The molecule has 0 aliphatic rings. The fraction of sp³-hybridized carbons (Fsp3) is 0.516. The van der Waals surface area contributed by atoms with E-state index in [0.29, 0.717) is 28.9 Å². The molecule has 6 nitrogen and oxygen atoms in total. The summed E-state index contributed by atoms with van der Waals surface area (Å²) in [6, 6.07) is 11.1. The van der Waals surface area contributed by atoms with E-state index in [4.69, 9.17) is 9.47 Å². The fourth-order valence-corrected chi connectivity index (χ4v) is 4.20. The molecule has 0 saturated carbocycles. The quantitative estimate of drug-likeness (QED) is 0.131. The third-order valence-electron chi connectivity index (χ3n) is 6.39. The molecule has 0 aromatic heterocycles. The second-order valence-corrected chi connectivity index (χ2v) is 9.65. The number of aromatic carboxylic acids is 1. The predicted molar refractivity (Wildman–Crippen MR) is 146 cm³/mol. The molecule has 0 bridgehead atoms. The first-order valence-electron chi connectivity index (χ1n) is 13.7. The van der Waals surface area contributed by atoms with Crippen LogP contribution in [0.5, 0.6) is 5.75 Å². The maximum atomic E-state index is 12.5. The van der Waals surface area contributed by atoms with E-state index in [2.05, 4.69) is 13.8 Å². The Bertz CT molecular complexity index is 995. The fourth-order valence-electron chi connectivity index (χ4n) is 4.20. The van der Waals surface area contributed by atoms with Crippen LogP contribution in [-0.2, 0) is 9.53 Å². The van der Waals surface area contributed by atoms with Crippen molar-refractivity contribution < 1.29 is 29.0 Å². The molecule has 0 amide bonds. The zero-order chi connectivity index (χ0) is 27.0. The molecule has 0 saturated heterocycles. The molecule has 1 N–H and O–H groups in total. The van der Waals surface area contributed by atoms with Crippen molar-refractivity contribution in [2.45, 2.75) is 104 Å². The van der Waals surface area contributed by atoms with Gasteiger partial charge in [0.1, 0.15) is 5.75 Å². The van der Waals surface area contributed by atoms with Crippen molar-refractivity contribution in [3.05, 3.63) is 53.6 Å². The highest BCUT2D eigenvalue weighted by atomic mass is 16.5. The first kappa shape index (κ1) is 30.1. The predicted octanol–water partition coefficient (Wildman–Crippen LogP) is 8.22. The lowest BCUT2D eigenvalue weighted by Gasteiger charge is -2.14. The summed E-state index contributed by atoms with van der Waals surface area (Å²) in [5, 5.41) is 9.67. The van der Waals surface area contributed by atoms with E-state index < -0.39 is 11.9 Å². The number of ether oxygens (including phenoxy) is 2. The maximum Gasteiger partial charge on any atom is 0.338 e. The average molecular weight is 511 g/mol. The molecule has 2 rings (SSSR count). The summed E-state index contributed by atoms with van der Waals surface area (Å²) in [4.78, 5) is 36.6. The molecule has 202 valence electrons. The van der Waals surface area contributed by atoms with Gasteiger partial charge in [-0.2, -0.15) is 0 Å². The highest BCUT2D eigenvalue weighted by Gasteiger charge is 2.17. The number of hydrogen-bond donors (Lipinski definition) is 1. The van der Waals surface area contributed by atoms with Crippen LogP contribution in [0.1, 0.15) is 119 Å². The number of benzene rings is 2. The van der Waals surface area contributed by atoms with Crippen molar-refractivity contribution >= 4 is 17.9 Å². The number of carbonyl (C=O) groups is 3. The molecular weight excluding hydrogens is 468 g/mol. The van der Waals surface area contributed by atoms with Gasteiger partial charge in [0.05, 0.1) is 17.2 Å². The van der Waals surface area contributed by atoms with Gasteiger partial charge in [-0.15, -0.1) is 0 Å². The minimum absolute atomic E-state index is 0.0896. The number of carboxylic acids is 1.